The minimum absolute atomic E-state index is 0.0788. The van der Waals surface area contributed by atoms with Crippen LogP contribution >= 0.6 is 11.6 Å². The number of hydrogen-bond acceptors (Lipinski definition) is 4. The van der Waals surface area contributed by atoms with E-state index in [1.54, 1.807) is 26.0 Å². The number of alkyl halides is 3. The molecule has 0 aromatic heterocycles. The van der Waals surface area contributed by atoms with E-state index in [2.05, 4.69) is 5.32 Å². The molecule has 1 N–H and O–H groups in total. The van der Waals surface area contributed by atoms with Crippen molar-refractivity contribution >= 4 is 39.1 Å². The zero-order valence-electron chi connectivity index (χ0n) is 24.9. The Morgan fingerprint density at radius 2 is 1.64 bits per heavy atom. The summed E-state index contributed by atoms with van der Waals surface area (Å²) in [7, 11) is -4.54. The molecule has 3 aromatic carbocycles. The standard InChI is InChI=1S/C32H37ClF3N3O4S/c1-4-6-19-37-31(41)29(5-2)38(20-18-24-10-8-7-9-11-24)30(40)22-39(44(42,43)26-15-12-23(3)13-16-26)25-14-17-28(33)27(21-25)32(34,35)36/h7-17,21,29H,4-6,18-20,22H2,1-3H3,(H,37,41). The number of rotatable bonds is 14. The van der Waals surface area contributed by atoms with E-state index in [4.69, 9.17) is 11.6 Å². The van der Waals surface area contributed by atoms with E-state index in [1.165, 1.54) is 17.0 Å². The zero-order valence-corrected chi connectivity index (χ0v) is 26.5. The number of hydrogen-bond donors (Lipinski definition) is 1. The summed E-state index contributed by atoms with van der Waals surface area (Å²) in [6.45, 7) is 5.11. The number of unbranched alkanes of at least 4 members (excludes halogenated alkanes) is 1. The van der Waals surface area contributed by atoms with Crippen LogP contribution in [0.25, 0.3) is 0 Å². The maximum atomic E-state index is 14.1. The average Bonchev–Trinajstić information content (AvgIpc) is 2.98. The molecule has 7 nitrogen and oxygen atoms in total. The average molecular weight is 652 g/mol. The van der Waals surface area contributed by atoms with Gasteiger partial charge >= 0.3 is 6.18 Å². The summed E-state index contributed by atoms with van der Waals surface area (Å²) >= 11 is 5.83. The van der Waals surface area contributed by atoms with Crippen molar-refractivity contribution in [1.29, 1.82) is 0 Å². The van der Waals surface area contributed by atoms with Crippen LogP contribution in [-0.4, -0.2) is 50.8 Å². The molecule has 0 heterocycles. The molecule has 0 saturated heterocycles. The number of nitrogens with zero attached hydrogens (tertiary/aromatic N) is 2. The first-order chi connectivity index (χ1) is 20.8. The molecule has 1 atom stereocenters. The van der Waals surface area contributed by atoms with Crippen LogP contribution < -0.4 is 9.62 Å². The molecule has 0 saturated carbocycles. The molecule has 3 aromatic rings. The molecule has 0 aliphatic carbocycles. The lowest BCUT2D eigenvalue weighted by Gasteiger charge is -2.33. The van der Waals surface area contributed by atoms with Crippen LogP contribution in [0.4, 0.5) is 18.9 Å². The van der Waals surface area contributed by atoms with E-state index < -0.39 is 45.3 Å². The first-order valence-electron chi connectivity index (χ1n) is 14.4. The predicted octanol–water partition coefficient (Wildman–Crippen LogP) is 6.63. The van der Waals surface area contributed by atoms with E-state index in [9.17, 15) is 31.2 Å². The lowest BCUT2D eigenvalue weighted by molar-refractivity contribution is -0.139. The second-order valence-electron chi connectivity index (χ2n) is 10.4. The number of amides is 2. The Morgan fingerprint density at radius 3 is 2.23 bits per heavy atom. The van der Waals surface area contributed by atoms with Gasteiger partial charge in [0.2, 0.25) is 11.8 Å². The first kappa shape index (κ1) is 34.9. The van der Waals surface area contributed by atoms with Crippen molar-refractivity contribution in [2.24, 2.45) is 0 Å². The lowest BCUT2D eigenvalue weighted by atomic mass is 10.1. The Balaban J connectivity index is 2.08. The van der Waals surface area contributed by atoms with Crippen molar-refractivity contribution in [3.63, 3.8) is 0 Å². The molecule has 12 heteroatoms. The second-order valence-corrected chi connectivity index (χ2v) is 12.6. The van der Waals surface area contributed by atoms with Gasteiger partial charge in [-0.05, 0) is 62.1 Å². The van der Waals surface area contributed by atoms with Gasteiger partial charge in [-0.1, -0.05) is 79.9 Å². The number of sulfonamides is 1. The van der Waals surface area contributed by atoms with E-state index in [1.807, 2.05) is 37.3 Å². The molecule has 238 valence electrons. The van der Waals surface area contributed by atoms with Gasteiger partial charge in [0.1, 0.15) is 12.6 Å². The van der Waals surface area contributed by atoms with Gasteiger partial charge in [0.15, 0.2) is 0 Å². The number of benzene rings is 3. The minimum Gasteiger partial charge on any atom is -0.354 e. The second kappa shape index (κ2) is 15.4. The number of carbonyl (C=O) groups is 2. The monoisotopic (exact) mass is 651 g/mol. The summed E-state index contributed by atoms with van der Waals surface area (Å²) in [5.41, 5.74) is 0.0302. The highest BCUT2D eigenvalue weighted by atomic mass is 35.5. The number of aryl methyl sites for hydroxylation is 1. The third-order valence-corrected chi connectivity index (χ3v) is 9.25. The number of carbonyl (C=O) groups excluding carboxylic acids is 2. The number of anilines is 1. The molecule has 0 spiro atoms. The van der Waals surface area contributed by atoms with Gasteiger partial charge in [-0.2, -0.15) is 13.2 Å². The summed E-state index contributed by atoms with van der Waals surface area (Å²) < 4.78 is 69.9. The molecule has 1 unspecified atom stereocenters. The first-order valence-corrected chi connectivity index (χ1v) is 16.2. The molecule has 2 amide bonds. The summed E-state index contributed by atoms with van der Waals surface area (Å²) in [6, 6.07) is 16.8. The van der Waals surface area contributed by atoms with Crippen LogP contribution in [0.5, 0.6) is 0 Å². The number of nitrogens with one attached hydrogen (secondary N) is 1. The van der Waals surface area contributed by atoms with Crippen LogP contribution in [0.15, 0.2) is 77.7 Å². The largest absolute Gasteiger partial charge is 0.417 e. The third kappa shape index (κ3) is 8.98. The molecule has 0 fully saturated rings. The fourth-order valence-corrected chi connectivity index (χ4v) is 6.28. The van der Waals surface area contributed by atoms with Gasteiger partial charge in [0.25, 0.3) is 10.0 Å². The fourth-order valence-electron chi connectivity index (χ4n) is 4.65. The van der Waals surface area contributed by atoms with Gasteiger partial charge in [-0.3, -0.25) is 13.9 Å². The van der Waals surface area contributed by atoms with Crippen LogP contribution in [0.2, 0.25) is 5.02 Å². The van der Waals surface area contributed by atoms with Crippen LogP contribution in [0.3, 0.4) is 0 Å². The highest BCUT2D eigenvalue weighted by Gasteiger charge is 2.37. The van der Waals surface area contributed by atoms with Crippen molar-refractivity contribution in [3.05, 3.63) is 94.5 Å². The van der Waals surface area contributed by atoms with Gasteiger partial charge in [-0.15, -0.1) is 0 Å². The Morgan fingerprint density at radius 1 is 0.977 bits per heavy atom. The Bertz CT molecular complexity index is 1520. The third-order valence-electron chi connectivity index (χ3n) is 7.13. The predicted molar refractivity (Wildman–Crippen MR) is 166 cm³/mol. The smallest absolute Gasteiger partial charge is 0.354 e. The Kier molecular flexibility index (Phi) is 12.2. The zero-order chi connectivity index (χ0) is 32.5. The molecule has 3 rings (SSSR count). The fraction of sp³-hybridized carbons (Fsp3) is 0.375. The van der Waals surface area contributed by atoms with Crippen molar-refractivity contribution in [3.8, 4) is 0 Å². The molecule has 0 radical (unpaired) electrons. The maximum absolute atomic E-state index is 14.1. The summed E-state index contributed by atoms with van der Waals surface area (Å²) in [4.78, 5) is 28.4. The van der Waals surface area contributed by atoms with E-state index in [0.717, 1.165) is 36.1 Å². The van der Waals surface area contributed by atoms with Gasteiger partial charge in [-0.25, -0.2) is 8.42 Å². The topological polar surface area (TPSA) is 86.8 Å². The minimum atomic E-state index is -4.87. The Labute approximate surface area is 262 Å². The molecular formula is C32H37ClF3N3O4S. The number of halogens is 4. The van der Waals surface area contributed by atoms with Gasteiger partial charge < -0.3 is 10.2 Å². The SMILES string of the molecule is CCCCNC(=O)C(CC)N(CCc1ccccc1)C(=O)CN(c1ccc(Cl)c(C(F)(F)F)c1)S(=O)(=O)c1ccc(C)cc1. The van der Waals surface area contributed by atoms with E-state index in [-0.39, 0.29) is 29.5 Å². The molecule has 0 bridgehead atoms. The van der Waals surface area contributed by atoms with Crippen LogP contribution in [0.1, 0.15) is 49.8 Å². The molecule has 44 heavy (non-hydrogen) atoms. The lowest BCUT2D eigenvalue weighted by Crippen LogP contribution is -2.53. The summed E-state index contributed by atoms with van der Waals surface area (Å²) in [6.07, 6.45) is -2.68. The van der Waals surface area contributed by atoms with Gasteiger partial charge in [0.05, 0.1) is 21.2 Å². The van der Waals surface area contributed by atoms with Crippen LogP contribution in [0, 0.1) is 6.92 Å². The van der Waals surface area contributed by atoms with Gasteiger partial charge in [0, 0.05) is 13.1 Å². The van der Waals surface area contributed by atoms with E-state index >= 15 is 0 Å². The Hall–Kier alpha value is -3.57. The van der Waals surface area contributed by atoms with Crippen molar-refractivity contribution in [2.75, 3.05) is 23.9 Å². The van der Waals surface area contributed by atoms with Crippen LogP contribution in [-0.2, 0) is 32.2 Å². The van der Waals surface area contributed by atoms with Crippen molar-refractivity contribution < 1.29 is 31.2 Å². The molecule has 0 aliphatic rings. The van der Waals surface area contributed by atoms with Crippen molar-refractivity contribution in [1.82, 2.24) is 10.2 Å². The highest BCUT2D eigenvalue weighted by molar-refractivity contribution is 7.92. The highest BCUT2D eigenvalue weighted by Crippen LogP contribution is 2.38. The maximum Gasteiger partial charge on any atom is 0.417 e. The normalized spacial score (nSPS) is 12.4. The molecule has 0 aliphatic heterocycles. The van der Waals surface area contributed by atoms with Crippen molar-refractivity contribution in [2.45, 2.75) is 63.6 Å². The summed E-state index contributed by atoms with van der Waals surface area (Å²) in [5, 5.41) is 2.23. The molecular weight excluding hydrogens is 615 g/mol. The summed E-state index contributed by atoms with van der Waals surface area (Å²) in [5.74, 6) is -1.13. The quantitative estimate of drug-likeness (QED) is 0.198. The van der Waals surface area contributed by atoms with E-state index in [0.29, 0.717) is 23.3 Å².